The molecule has 3 N–H and O–H groups in total. The van der Waals surface area contributed by atoms with Crippen LogP contribution in [0.5, 0.6) is 0 Å². The molecule has 3 nitrogen and oxygen atoms in total. The van der Waals surface area contributed by atoms with E-state index >= 15 is 0 Å². The molecule has 21 heavy (non-hydrogen) atoms. The van der Waals surface area contributed by atoms with E-state index < -0.39 is 17.3 Å². The molecule has 2 atom stereocenters. The number of hydrogen-bond donors (Lipinski definition) is 2. The second-order valence-corrected chi connectivity index (χ2v) is 5.91. The van der Waals surface area contributed by atoms with E-state index in [1.54, 1.807) is 0 Å². The Hall–Kier alpha value is -0.980. The molecule has 2 unspecified atom stereocenters. The number of halogens is 4. The van der Waals surface area contributed by atoms with Crippen LogP contribution in [0.3, 0.4) is 0 Å². The van der Waals surface area contributed by atoms with Gasteiger partial charge in [0.15, 0.2) is 0 Å². The molecule has 1 fully saturated rings. The SMILES string of the molecule is CC1CC(CN)(Nc2cc(Cl)cc(C(F)(F)F)c2)CCO1. The summed E-state index contributed by atoms with van der Waals surface area (Å²) in [7, 11) is 0. The van der Waals surface area contributed by atoms with Gasteiger partial charge in [-0.15, -0.1) is 0 Å². The largest absolute Gasteiger partial charge is 0.416 e. The first kappa shape index (κ1) is 16.4. The van der Waals surface area contributed by atoms with E-state index in [1.165, 1.54) is 6.07 Å². The summed E-state index contributed by atoms with van der Waals surface area (Å²) in [6.07, 6.45) is -3.14. The summed E-state index contributed by atoms with van der Waals surface area (Å²) in [6.45, 7) is 2.76. The minimum absolute atomic E-state index is 0.0103. The maximum absolute atomic E-state index is 12.8. The zero-order valence-corrected chi connectivity index (χ0v) is 12.4. The Balaban J connectivity index is 2.27. The van der Waals surface area contributed by atoms with Gasteiger partial charge in [-0.25, -0.2) is 0 Å². The van der Waals surface area contributed by atoms with Crippen molar-refractivity contribution in [3.8, 4) is 0 Å². The molecule has 118 valence electrons. The molecule has 1 heterocycles. The predicted octanol–water partition coefficient (Wildman–Crippen LogP) is 3.67. The van der Waals surface area contributed by atoms with Crippen LogP contribution in [0.2, 0.25) is 5.02 Å². The molecule has 2 rings (SSSR count). The topological polar surface area (TPSA) is 47.3 Å². The van der Waals surface area contributed by atoms with Gasteiger partial charge in [-0.2, -0.15) is 13.2 Å². The molecule has 1 aliphatic heterocycles. The summed E-state index contributed by atoms with van der Waals surface area (Å²) in [5.74, 6) is 0. The Bertz CT molecular complexity index is 509. The zero-order chi connectivity index (χ0) is 15.7. The van der Waals surface area contributed by atoms with Crippen molar-refractivity contribution in [3.63, 3.8) is 0 Å². The van der Waals surface area contributed by atoms with Gasteiger partial charge < -0.3 is 15.8 Å². The van der Waals surface area contributed by atoms with Gasteiger partial charge >= 0.3 is 6.18 Å². The molecule has 7 heteroatoms. The maximum atomic E-state index is 12.8. The smallest absolute Gasteiger partial charge is 0.378 e. The van der Waals surface area contributed by atoms with Crippen molar-refractivity contribution in [2.75, 3.05) is 18.5 Å². The number of anilines is 1. The highest BCUT2D eigenvalue weighted by atomic mass is 35.5. The van der Waals surface area contributed by atoms with Gasteiger partial charge in [0.2, 0.25) is 0 Å². The first-order valence-electron chi connectivity index (χ1n) is 6.72. The number of ether oxygens (including phenoxy) is 1. The van der Waals surface area contributed by atoms with Crippen molar-refractivity contribution >= 4 is 17.3 Å². The number of nitrogens with one attached hydrogen (secondary N) is 1. The van der Waals surface area contributed by atoms with Gasteiger partial charge in [0, 0.05) is 23.9 Å². The molecule has 0 aromatic heterocycles. The lowest BCUT2D eigenvalue weighted by Crippen LogP contribution is -2.51. The van der Waals surface area contributed by atoms with Crippen LogP contribution in [0.15, 0.2) is 18.2 Å². The predicted molar refractivity (Wildman–Crippen MR) is 76.5 cm³/mol. The van der Waals surface area contributed by atoms with Crippen LogP contribution < -0.4 is 11.1 Å². The fraction of sp³-hybridized carbons (Fsp3) is 0.571. The van der Waals surface area contributed by atoms with E-state index in [2.05, 4.69) is 5.32 Å². The lowest BCUT2D eigenvalue weighted by atomic mass is 9.86. The molecule has 1 aliphatic rings. The van der Waals surface area contributed by atoms with Crippen molar-refractivity contribution in [1.29, 1.82) is 0 Å². The van der Waals surface area contributed by atoms with E-state index in [-0.39, 0.29) is 11.1 Å². The average Bonchev–Trinajstić information content (AvgIpc) is 2.37. The van der Waals surface area contributed by atoms with Crippen LogP contribution in [-0.2, 0) is 10.9 Å². The third kappa shape index (κ3) is 4.02. The highest BCUT2D eigenvalue weighted by molar-refractivity contribution is 6.30. The number of alkyl halides is 3. The molecule has 1 aromatic rings. The molecular weight excluding hydrogens is 305 g/mol. The summed E-state index contributed by atoms with van der Waals surface area (Å²) >= 11 is 5.80. The minimum Gasteiger partial charge on any atom is -0.378 e. The standard InChI is InChI=1S/C14H18ClF3N2O/c1-9-7-13(8-19,2-3-21-9)20-12-5-10(14(16,17)18)4-11(15)6-12/h4-6,9,20H,2-3,7-8,19H2,1H3. The van der Waals surface area contributed by atoms with Crippen LogP contribution in [0, 0.1) is 0 Å². The zero-order valence-electron chi connectivity index (χ0n) is 11.6. The number of rotatable bonds is 3. The van der Waals surface area contributed by atoms with Gasteiger partial charge in [0.05, 0.1) is 17.2 Å². The first-order valence-corrected chi connectivity index (χ1v) is 7.09. The van der Waals surface area contributed by atoms with E-state index in [1.807, 2.05) is 6.92 Å². The van der Waals surface area contributed by atoms with Crippen LogP contribution in [-0.4, -0.2) is 24.8 Å². The Morgan fingerprint density at radius 1 is 1.43 bits per heavy atom. The van der Waals surface area contributed by atoms with E-state index in [0.29, 0.717) is 31.7 Å². The highest BCUT2D eigenvalue weighted by Crippen LogP contribution is 2.35. The van der Waals surface area contributed by atoms with Crippen LogP contribution in [0.25, 0.3) is 0 Å². The maximum Gasteiger partial charge on any atom is 0.416 e. The second kappa shape index (κ2) is 6.02. The lowest BCUT2D eigenvalue weighted by Gasteiger charge is -2.40. The molecule has 1 saturated heterocycles. The van der Waals surface area contributed by atoms with Gasteiger partial charge in [-0.1, -0.05) is 11.6 Å². The number of nitrogens with two attached hydrogens (primary N) is 1. The van der Waals surface area contributed by atoms with Crippen LogP contribution in [0.4, 0.5) is 18.9 Å². The summed E-state index contributed by atoms with van der Waals surface area (Å²) in [5, 5.41) is 3.18. The molecule has 1 aromatic carbocycles. The van der Waals surface area contributed by atoms with Crippen molar-refractivity contribution in [1.82, 2.24) is 0 Å². The monoisotopic (exact) mass is 322 g/mol. The first-order chi connectivity index (χ1) is 9.74. The number of benzene rings is 1. The molecule has 0 radical (unpaired) electrons. The Morgan fingerprint density at radius 3 is 2.71 bits per heavy atom. The molecule has 0 bridgehead atoms. The van der Waals surface area contributed by atoms with Gasteiger partial charge in [0.1, 0.15) is 0 Å². The second-order valence-electron chi connectivity index (χ2n) is 5.47. The molecular formula is C14H18ClF3N2O. The van der Waals surface area contributed by atoms with E-state index in [9.17, 15) is 13.2 Å². The number of hydrogen-bond acceptors (Lipinski definition) is 3. The lowest BCUT2D eigenvalue weighted by molar-refractivity contribution is -0.137. The third-order valence-corrected chi connectivity index (χ3v) is 3.90. The summed E-state index contributed by atoms with van der Waals surface area (Å²) < 4.78 is 44.0. The average molecular weight is 323 g/mol. The van der Waals surface area contributed by atoms with Crippen LogP contribution in [0.1, 0.15) is 25.3 Å². The van der Waals surface area contributed by atoms with Crippen molar-refractivity contribution < 1.29 is 17.9 Å². The van der Waals surface area contributed by atoms with Gasteiger partial charge in [-0.05, 0) is 38.0 Å². The third-order valence-electron chi connectivity index (χ3n) is 3.69. The van der Waals surface area contributed by atoms with E-state index in [4.69, 9.17) is 22.1 Å². The normalized spacial score (nSPS) is 26.7. The summed E-state index contributed by atoms with van der Waals surface area (Å²) in [4.78, 5) is 0. The van der Waals surface area contributed by atoms with Gasteiger partial charge in [-0.3, -0.25) is 0 Å². The van der Waals surface area contributed by atoms with Crippen molar-refractivity contribution in [2.45, 2.75) is 37.6 Å². The minimum atomic E-state index is -4.43. The molecule has 0 saturated carbocycles. The Kier molecular flexibility index (Phi) is 4.70. The Morgan fingerprint density at radius 2 is 2.14 bits per heavy atom. The quantitative estimate of drug-likeness (QED) is 0.892. The highest BCUT2D eigenvalue weighted by Gasteiger charge is 2.36. The fourth-order valence-corrected chi connectivity index (χ4v) is 2.88. The summed E-state index contributed by atoms with van der Waals surface area (Å²) in [6, 6.07) is 3.45. The molecule has 0 aliphatic carbocycles. The summed E-state index contributed by atoms with van der Waals surface area (Å²) in [5.41, 5.74) is 4.92. The van der Waals surface area contributed by atoms with E-state index in [0.717, 1.165) is 12.1 Å². The molecule has 0 spiro atoms. The Labute approximate surface area is 126 Å². The van der Waals surface area contributed by atoms with Crippen LogP contribution >= 0.6 is 11.6 Å². The van der Waals surface area contributed by atoms with Crippen molar-refractivity contribution in [3.05, 3.63) is 28.8 Å². The van der Waals surface area contributed by atoms with Gasteiger partial charge in [0.25, 0.3) is 0 Å². The van der Waals surface area contributed by atoms with Crippen molar-refractivity contribution in [2.24, 2.45) is 5.73 Å². The fourth-order valence-electron chi connectivity index (χ4n) is 2.65. The molecule has 0 amide bonds.